The van der Waals surface area contributed by atoms with Crippen LogP contribution in [0.3, 0.4) is 0 Å². The second-order valence-corrected chi connectivity index (χ2v) is 9.49. The summed E-state index contributed by atoms with van der Waals surface area (Å²) in [5.74, 6) is -0.428. The Labute approximate surface area is 204 Å². The number of rotatable bonds is 10. The van der Waals surface area contributed by atoms with Gasteiger partial charge in [-0.15, -0.1) is 0 Å². The Kier molecular flexibility index (Phi) is 8.15. The predicted molar refractivity (Wildman–Crippen MR) is 130 cm³/mol. The molecule has 1 aromatic heterocycles. The highest BCUT2D eigenvalue weighted by Gasteiger charge is 2.40. The molecule has 34 heavy (non-hydrogen) atoms. The fourth-order valence-electron chi connectivity index (χ4n) is 4.35. The lowest BCUT2D eigenvalue weighted by molar-refractivity contribution is -0.143. The summed E-state index contributed by atoms with van der Waals surface area (Å²) >= 11 is 4.75. The SMILES string of the molecule is CCOC(=O)CCCn1ncc(/C=C2/CN(C(C(=O)C3CC3)c3ccccc3F)CCC2S)n1. The number of thiol groups is 1. The molecule has 2 aliphatic rings. The largest absolute Gasteiger partial charge is 0.466 e. The molecule has 2 unspecified atom stereocenters. The first kappa shape index (κ1) is 24.6. The van der Waals surface area contributed by atoms with Crippen molar-refractivity contribution in [1.82, 2.24) is 19.9 Å². The quantitative estimate of drug-likeness (QED) is 0.406. The van der Waals surface area contributed by atoms with E-state index in [1.807, 2.05) is 6.08 Å². The van der Waals surface area contributed by atoms with Crippen molar-refractivity contribution >= 4 is 30.5 Å². The third kappa shape index (κ3) is 6.13. The number of likely N-dealkylation sites (tertiary alicyclic amines) is 1. The van der Waals surface area contributed by atoms with E-state index in [-0.39, 0.29) is 28.7 Å². The van der Waals surface area contributed by atoms with Gasteiger partial charge in [0.25, 0.3) is 0 Å². The fourth-order valence-corrected chi connectivity index (χ4v) is 4.62. The molecule has 0 spiro atoms. The van der Waals surface area contributed by atoms with Crippen molar-refractivity contribution < 1.29 is 18.7 Å². The zero-order valence-corrected chi connectivity index (χ0v) is 20.3. The van der Waals surface area contributed by atoms with Crippen LogP contribution in [0.4, 0.5) is 4.39 Å². The van der Waals surface area contributed by atoms with E-state index in [9.17, 15) is 14.0 Å². The number of Topliss-reactive ketones (excluding diaryl/α,β-unsaturated/α-hetero) is 1. The predicted octanol–water partition coefficient (Wildman–Crippen LogP) is 3.87. The molecule has 2 aromatic rings. The van der Waals surface area contributed by atoms with E-state index in [1.54, 1.807) is 36.1 Å². The summed E-state index contributed by atoms with van der Waals surface area (Å²) < 4.78 is 19.6. The Bertz CT molecular complexity index is 1050. The van der Waals surface area contributed by atoms with Crippen molar-refractivity contribution in [2.45, 2.75) is 56.9 Å². The molecule has 182 valence electrons. The number of ketones is 1. The highest BCUT2D eigenvalue weighted by Crippen LogP contribution is 2.39. The summed E-state index contributed by atoms with van der Waals surface area (Å²) in [5, 5.41) is 8.81. The van der Waals surface area contributed by atoms with Gasteiger partial charge in [0.15, 0.2) is 5.78 Å². The molecule has 1 saturated carbocycles. The lowest BCUT2D eigenvalue weighted by atomic mass is 9.93. The summed E-state index contributed by atoms with van der Waals surface area (Å²) in [6.45, 7) is 3.87. The van der Waals surface area contributed by atoms with E-state index in [1.165, 1.54) is 6.07 Å². The second kappa shape index (κ2) is 11.3. The Morgan fingerprint density at radius 3 is 2.82 bits per heavy atom. The van der Waals surface area contributed by atoms with Crippen molar-refractivity contribution in [3.05, 3.63) is 53.1 Å². The van der Waals surface area contributed by atoms with Gasteiger partial charge in [0.05, 0.1) is 25.4 Å². The average molecular weight is 487 g/mol. The number of aryl methyl sites for hydroxylation is 1. The Balaban J connectivity index is 1.47. The van der Waals surface area contributed by atoms with E-state index < -0.39 is 6.04 Å². The van der Waals surface area contributed by atoms with Crippen LogP contribution in [0.25, 0.3) is 6.08 Å². The van der Waals surface area contributed by atoms with Crippen LogP contribution in [0.15, 0.2) is 36.0 Å². The number of carbonyl (C=O) groups excluding carboxylic acids is 2. The standard InChI is InChI=1S/C25H31FN4O3S/c1-2-33-23(31)8-5-12-30-27-15-19(28-30)14-18-16-29(13-11-22(18)34)24(25(32)17-9-10-17)20-6-3-4-7-21(20)26/h3-4,6-7,14-15,17,22,24,34H,2,5,8-13,16H2,1H3/b18-14-. The summed E-state index contributed by atoms with van der Waals surface area (Å²) in [6, 6.07) is 5.99. The van der Waals surface area contributed by atoms with Crippen molar-refractivity contribution in [3.8, 4) is 0 Å². The monoisotopic (exact) mass is 486 g/mol. The second-order valence-electron chi connectivity index (χ2n) is 8.87. The van der Waals surface area contributed by atoms with Crippen molar-refractivity contribution in [2.75, 3.05) is 19.7 Å². The Morgan fingerprint density at radius 1 is 1.29 bits per heavy atom. The van der Waals surface area contributed by atoms with E-state index in [0.29, 0.717) is 50.3 Å². The van der Waals surface area contributed by atoms with Gasteiger partial charge >= 0.3 is 5.97 Å². The van der Waals surface area contributed by atoms with Crippen LogP contribution in [-0.4, -0.2) is 56.6 Å². The third-order valence-electron chi connectivity index (χ3n) is 6.25. The molecule has 0 amide bonds. The molecule has 1 saturated heterocycles. The number of aromatic nitrogens is 3. The number of benzene rings is 1. The van der Waals surface area contributed by atoms with Crippen LogP contribution < -0.4 is 0 Å². The van der Waals surface area contributed by atoms with Gasteiger partial charge in [0.1, 0.15) is 11.5 Å². The number of esters is 1. The zero-order chi connectivity index (χ0) is 24.1. The van der Waals surface area contributed by atoms with Gasteiger partial charge in [-0.2, -0.15) is 27.6 Å². The fraction of sp³-hybridized carbons (Fsp3) is 0.520. The molecular formula is C25H31FN4O3S. The number of hydrogen-bond donors (Lipinski definition) is 1. The van der Waals surface area contributed by atoms with Crippen LogP contribution in [0.2, 0.25) is 0 Å². The molecule has 2 fully saturated rings. The average Bonchev–Trinajstić information content (AvgIpc) is 3.58. The van der Waals surface area contributed by atoms with E-state index >= 15 is 0 Å². The maximum atomic E-state index is 14.7. The third-order valence-corrected chi connectivity index (χ3v) is 6.84. The highest BCUT2D eigenvalue weighted by atomic mass is 32.1. The van der Waals surface area contributed by atoms with Gasteiger partial charge in [0, 0.05) is 36.2 Å². The number of ether oxygens (including phenoxy) is 1. The van der Waals surface area contributed by atoms with Gasteiger partial charge < -0.3 is 4.74 Å². The molecule has 0 radical (unpaired) electrons. The van der Waals surface area contributed by atoms with E-state index in [4.69, 9.17) is 17.4 Å². The van der Waals surface area contributed by atoms with Gasteiger partial charge in [-0.1, -0.05) is 18.2 Å². The molecule has 1 aromatic carbocycles. The number of nitrogens with zero attached hydrogens (tertiary/aromatic N) is 4. The minimum Gasteiger partial charge on any atom is -0.466 e. The van der Waals surface area contributed by atoms with Gasteiger partial charge in [-0.25, -0.2) is 4.39 Å². The van der Waals surface area contributed by atoms with Crippen LogP contribution in [-0.2, 0) is 20.9 Å². The van der Waals surface area contributed by atoms with Crippen molar-refractivity contribution in [2.24, 2.45) is 5.92 Å². The lowest BCUT2D eigenvalue weighted by Gasteiger charge is -2.37. The molecule has 2 atom stereocenters. The highest BCUT2D eigenvalue weighted by molar-refractivity contribution is 7.81. The maximum absolute atomic E-state index is 14.7. The summed E-state index contributed by atoms with van der Waals surface area (Å²) in [7, 11) is 0. The van der Waals surface area contributed by atoms with Gasteiger partial charge in [-0.3, -0.25) is 14.5 Å². The Morgan fingerprint density at radius 2 is 2.09 bits per heavy atom. The normalized spacial score (nSPS) is 20.9. The number of hydrogen-bond acceptors (Lipinski definition) is 7. The van der Waals surface area contributed by atoms with Crippen LogP contribution >= 0.6 is 12.6 Å². The van der Waals surface area contributed by atoms with Gasteiger partial charge in [-0.05, 0) is 50.3 Å². The van der Waals surface area contributed by atoms with Crippen LogP contribution in [0.5, 0.6) is 0 Å². The van der Waals surface area contributed by atoms with Crippen molar-refractivity contribution in [1.29, 1.82) is 0 Å². The summed E-state index contributed by atoms with van der Waals surface area (Å²) in [6.07, 6.45) is 7.08. The number of carbonyl (C=O) groups is 2. The molecule has 1 aliphatic carbocycles. The van der Waals surface area contributed by atoms with E-state index in [2.05, 4.69) is 15.1 Å². The topological polar surface area (TPSA) is 77.3 Å². The van der Waals surface area contributed by atoms with Gasteiger partial charge in [0.2, 0.25) is 0 Å². The minimum absolute atomic E-state index is 0.0280. The first-order valence-corrected chi connectivity index (χ1v) is 12.4. The smallest absolute Gasteiger partial charge is 0.305 e. The molecule has 0 N–H and O–H groups in total. The first-order valence-electron chi connectivity index (χ1n) is 11.9. The Hall–Kier alpha value is -2.52. The molecule has 4 rings (SSSR count). The zero-order valence-electron chi connectivity index (χ0n) is 19.4. The molecule has 7 nitrogen and oxygen atoms in total. The summed E-state index contributed by atoms with van der Waals surface area (Å²) in [5.41, 5.74) is 2.17. The minimum atomic E-state index is -0.587. The van der Waals surface area contributed by atoms with Crippen LogP contribution in [0, 0.1) is 11.7 Å². The van der Waals surface area contributed by atoms with Crippen LogP contribution in [0.1, 0.15) is 56.3 Å². The molecule has 2 heterocycles. The number of halogens is 1. The van der Waals surface area contributed by atoms with Crippen molar-refractivity contribution in [3.63, 3.8) is 0 Å². The maximum Gasteiger partial charge on any atom is 0.305 e. The molecule has 0 bridgehead atoms. The molecular weight excluding hydrogens is 455 g/mol. The molecule has 1 aliphatic heterocycles. The number of piperidine rings is 1. The first-order chi connectivity index (χ1) is 16.5. The molecule has 9 heteroatoms. The lowest BCUT2D eigenvalue weighted by Crippen LogP contribution is -2.42. The summed E-state index contributed by atoms with van der Waals surface area (Å²) in [4.78, 5) is 28.3. The van der Waals surface area contributed by atoms with E-state index in [0.717, 1.165) is 24.8 Å².